The van der Waals surface area contributed by atoms with Crippen molar-refractivity contribution in [3.63, 3.8) is 0 Å². The van der Waals surface area contributed by atoms with Crippen molar-refractivity contribution in [2.75, 3.05) is 0 Å². The third kappa shape index (κ3) is 2.64. The van der Waals surface area contributed by atoms with Gasteiger partial charge >= 0.3 is 0 Å². The molecule has 0 spiro atoms. The second kappa shape index (κ2) is 5.00. The maximum atomic E-state index is 6.16. The molecule has 2 rings (SSSR count). The van der Waals surface area contributed by atoms with Gasteiger partial charge in [-0.2, -0.15) is 0 Å². The lowest BCUT2D eigenvalue weighted by Crippen LogP contribution is -2.11. The Morgan fingerprint density at radius 2 is 1.69 bits per heavy atom. The van der Waals surface area contributed by atoms with Crippen LogP contribution in [0.2, 0.25) is 5.02 Å². The first kappa shape index (κ1) is 11.6. The fraction of sp³-hybridized carbons (Fsp3) is 0.0769. The molecule has 0 saturated carbocycles. The average molecular weight is 297 g/mol. The zero-order valence-corrected chi connectivity index (χ0v) is 10.9. The van der Waals surface area contributed by atoms with Gasteiger partial charge in [0.1, 0.15) is 0 Å². The number of rotatable bonds is 2. The van der Waals surface area contributed by atoms with Crippen molar-refractivity contribution in [1.29, 1.82) is 0 Å². The maximum Gasteiger partial charge on any atom is 0.0552 e. The summed E-state index contributed by atoms with van der Waals surface area (Å²) >= 11 is 9.34. The molecule has 0 bridgehead atoms. The van der Waals surface area contributed by atoms with Crippen LogP contribution in [0.15, 0.2) is 53.0 Å². The minimum Gasteiger partial charge on any atom is -0.320 e. The van der Waals surface area contributed by atoms with E-state index in [9.17, 15) is 0 Å². The zero-order valence-electron chi connectivity index (χ0n) is 8.53. The van der Waals surface area contributed by atoms with Gasteiger partial charge in [-0.3, -0.25) is 0 Å². The van der Waals surface area contributed by atoms with Crippen molar-refractivity contribution in [2.24, 2.45) is 5.73 Å². The Hall–Kier alpha value is -0.830. The number of hydrogen-bond donors (Lipinski definition) is 1. The Balaban J connectivity index is 2.31. The van der Waals surface area contributed by atoms with Crippen LogP contribution < -0.4 is 5.73 Å². The van der Waals surface area contributed by atoms with Crippen molar-refractivity contribution in [3.05, 3.63) is 69.2 Å². The van der Waals surface area contributed by atoms with Crippen LogP contribution in [0, 0.1) is 0 Å². The predicted octanol–water partition coefficient (Wildman–Crippen LogP) is 4.15. The summed E-state index contributed by atoms with van der Waals surface area (Å²) in [6, 6.07) is 15.5. The third-order valence-electron chi connectivity index (χ3n) is 2.44. The van der Waals surface area contributed by atoms with Crippen molar-refractivity contribution in [3.8, 4) is 0 Å². The van der Waals surface area contributed by atoms with Crippen LogP contribution in [-0.4, -0.2) is 0 Å². The summed E-state index contributed by atoms with van der Waals surface area (Å²) in [4.78, 5) is 0. The quantitative estimate of drug-likeness (QED) is 0.885. The minimum absolute atomic E-state index is 0.133. The molecule has 1 unspecified atom stereocenters. The van der Waals surface area contributed by atoms with Crippen LogP contribution in [0.1, 0.15) is 17.2 Å². The Bertz CT molecular complexity index is 482. The molecule has 1 atom stereocenters. The Kier molecular flexibility index (Phi) is 3.64. The lowest BCUT2D eigenvalue weighted by molar-refractivity contribution is 0.871. The summed E-state index contributed by atoms with van der Waals surface area (Å²) < 4.78 is 1.05. The zero-order chi connectivity index (χ0) is 11.5. The highest BCUT2D eigenvalue weighted by molar-refractivity contribution is 9.10. The van der Waals surface area contributed by atoms with Gasteiger partial charge in [0.15, 0.2) is 0 Å². The molecule has 0 amide bonds. The molecular formula is C13H11BrClN. The molecule has 2 aromatic carbocycles. The number of benzene rings is 2. The molecule has 3 heteroatoms. The average Bonchev–Trinajstić information content (AvgIpc) is 2.29. The fourth-order valence-electron chi connectivity index (χ4n) is 1.56. The van der Waals surface area contributed by atoms with Gasteiger partial charge in [-0.25, -0.2) is 0 Å². The van der Waals surface area contributed by atoms with E-state index in [4.69, 9.17) is 17.3 Å². The van der Waals surface area contributed by atoms with E-state index < -0.39 is 0 Å². The number of hydrogen-bond acceptors (Lipinski definition) is 1. The lowest BCUT2D eigenvalue weighted by atomic mass is 10.00. The van der Waals surface area contributed by atoms with Gasteiger partial charge in [0.25, 0.3) is 0 Å². The van der Waals surface area contributed by atoms with Crippen LogP contribution in [0.25, 0.3) is 0 Å². The summed E-state index contributed by atoms with van der Waals surface area (Å²) in [7, 11) is 0. The van der Waals surface area contributed by atoms with Crippen LogP contribution in [-0.2, 0) is 0 Å². The van der Waals surface area contributed by atoms with E-state index in [-0.39, 0.29) is 6.04 Å². The first-order valence-electron chi connectivity index (χ1n) is 4.93. The third-order valence-corrected chi connectivity index (χ3v) is 3.20. The summed E-state index contributed by atoms with van der Waals surface area (Å²) in [5, 5.41) is 0.713. The van der Waals surface area contributed by atoms with Gasteiger partial charge in [-0.05, 0) is 35.4 Å². The van der Waals surface area contributed by atoms with E-state index in [2.05, 4.69) is 15.9 Å². The topological polar surface area (TPSA) is 26.0 Å². The summed E-state index contributed by atoms with van der Waals surface area (Å²) in [6.45, 7) is 0. The lowest BCUT2D eigenvalue weighted by Gasteiger charge is -2.12. The van der Waals surface area contributed by atoms with Gasteiger partial charge in [0.05, 0.1) is 6.04 Å². The Morgan fingerprint density at radius 1 is 1.00 bits per heavy atom. The van der Waals surface area contributed by atoms with Crippen LogP contribution >= 0.6 is 27.5 Å². The maximum absolute atomic E-state index is 6.16. The van der Waals surface area contributed by atoms with E-state index in [1.54, 1.807) is 0 Å². The van der Waals surface area contributed by atoms with E-state index in [1.807, 2.05) is 48.5 Å². The largest absolute Gasteiger partial charge is 0.320 e. The standard InChI is InChI=1S/C13H11BrClN/c14-11-6-4-9(5-7-11)13(16)10-2-1-3-12(15)8-10/h1-8,13H,16H2. The highest BCUT2D eigenvalue weighted by atomic mass is 79.9. The molecule has 0 fully saturated rings. The minimum atomic E-state index is -0.133. The molecule has 0 saturated heterocycles. The molecule has 1 nitrogen and oxygen atoms in total. The smallest absolute Gasteiger partial charge is 0.0552 e. The summed E-state index contributed by atoms with van der Waals surface area (Å²) in [5.74, 6) is 0. The van der Waals surface area contributed by atoms with Gasteiger partial charge in [0.2, 0.25) is 0 Å². The Labute approximate surface area is 108 Å². The van der Waals surface area contributed by atoms with Crippen LogP contribution in [0.5, 0.6) is 0 Å². The van der Waals surface area contributed by atoms with Crippen molar-refractivity contribution in [2.45, 2.75) is 6.04 Å². The molecule has 0 aliphatic rings. The van der Waals surface area contributed by atoms with E-state index in [0.29, 0.717) is 5.02 Å². The predicted molar refractivity (Wildman–Crippen MR) is 71.6 cm³/mol. The van der Waals surface area contributed by atoms with Gasteiger partial charge in [-0.1, -0.05) is 51.8 Å². The summed E-state index contributed by atoms with van der Waals surface area (Å²) in [5.41, 5.74) is 8.26. The van der Waals surface area contributed by atoms with Gasteiger partial charge in [-0.15, -0.1) is 0 Å². The van der Waals surface area contributed by atoms with Gasteiger partial charge < -0.3 is 5.73 Å². The molecule has 0 aliphatic heterocycles. The monoisotopic (exact) mass is 295 g/mol. The molecule has 0 aliphatic carbocycles. The molecular weight excluding hydrogens is 286 g/mol. The van der Waals surface area contributed by atoms with Crippen LogP contribution in [0.3, 0.4) is 0 Å². The molecule has 16 heavy (non-hydrogen) atoms. The van der Waals surface area contributed by atoms with E-state index in [0.717, 1.165) is 15.6 Å². The first-order valence-corrected chi connectivity index (χ1v) is 6.10. The SMILES string of the molecule is NC(c1ccc(Br)cc1)c1cccc(Cl)c1. The van der Waals surface area contributed by atoms with Crippen molar-refractivity contribution >= 4 is 27.5 Å². The molecule has 0 radical (unpaired) electrons. The van der Waals surface area contributed by atoms with Crippen LogP contribution in [0.4, 0.5) is 0 Å². The second-order valence-electron chi connectivity index (χ2n) is 3.58. The molecule has 2 aromatic rings. The molecule has 82 valence electrons. The summed E-state index contributed by atoms with van der Waals surface area (Å²) in [6.07, 6.45) is 0. The number of nitrogens with two attached hydrogens (primary N) is 1. The van der Waals surface area contributed by atoms with Crippen molar-refractivity contribution in [1.82, 2.24) is 0 Å². The molecule has 0 aromatic heterocycles. The number of halogens is 2. The van der Waals surface area contributed by atoms with Gasteiger partial charge in [0, 0.05) is 9.50 Å². The second-order valence-corrected chi connectivity index (χ2v) is 4.94. The van der Waals surface area contributed by atoms with Crippen molar-refractivity contribution < 1.29 is 0 Å². The molecule has 0 heterocycles. The fourth-order valence-corrected chi connectivity index (χ4v) is 2.03. The highest BCUT2D eigenvalue weighted by Crippen LogP contribution is 2.23. The highest BCUT2D eigenvalue weighted by Gasteiger charge is 2.08. The van der Waals surface area contributed by atoms with E-state index in [1.165, 1.54) is 0 Å². The van der Waals surface area contributed by atoms with E-state index >= 15 is 0 Å². The first-order chi connectivity index (χ1) is 7.66. The Morgan fingerprint density at radius 3 is 2.31 bits per heavy atom. The normalized spacial score (nSPS) is 12.4. The molecule has 2 N–H and O–H groups in total.